The van der Waals surface area contributed by atoms with E-state index < -0.39 is 91.6 Å². The van der Waals surface area contributed by atoms with Crippen molar-refractivity contribution in [1.29, 1.82) is 0 Å². The molecule has 0 radical (unpaired) electrons. The second-order valence-corrected chi connectivity index (χ2v) is 23.3. The van der Waals surface area contributed by atoms with Crippen molar-refractivity contribution < 1.29 is 71.5 Å². The third-order valence-electron chi connectivity index (χ3n) is 15.1. The average molecular weight is 1200 g/mol. The van der Waals surface area contributed by atoms with Gasteiger partial charge in [-0.3, -0.25) is 38.4 Å². The quantitative estimate of drug-likeness (QED) is 0.0240. The van der Waals surface area contributed by atoms with E-state index in [0.717, 1.165) is 148 Å². The lowest BCUT2D eigenvalue weighted by Crippen LogP contribution is -2.48. The monoisotopic (exact) mass is 1190 g/mol. The van der Waals surface area contributed by atoms with Gasteiger partial charge in [0.2, 0.25) is 5.91 Å². The molecule has 17 heteroatoms. The van der Waals surface area contributed by atoms with Crippen molar-refractivity contribution in [3.63, 3.8) is 0 Å². The van der Waals surface area contributed by atoms with Crippen molar-refractivity contribution in [3.05, 3.63) is 0 Å². The number of esters is 7. The second kappa shape index (κ2) is 56.5. The van der Waals surface area contributed by atoms with Gasteiger partial charge in [0.15, 0.2) is 11.8 Å². The predicted octanol–water partition coefficient (Wildman–Crippen LogP) is 14.5. The van der Waals surface area contributed by atoms with Crippen LogP contribution in [-0.4, -0.2) is 136 Å². The van der Waals surface area contributed by atoms with E-state index in [9.17, 15) is 38.4 Å². The minimum Gasteiger partial charge on any atom is -0.466 e. The summed E-state index contributed by atoms with van der Waals surface area (Å²) in [4.78, 5) is 114. The van der Waals surface area contributed by atoms with Crippen LogP contribution in [-0.2, 0) is 71.5 Å². The molecule has 0 aromatic heterocycles. The minimum absolute atomic E-state index is 0.0286. The van der Waals surface area contributed by atoms with E-state index in [4.69, 9.17) is 33.2 Å². The van der Waals surface area contributed by atoms with E-state index in [1.165, 1.54) is 43.4 Å². The van der Waals surface area contributed by atoms with Crippen LogP contribution in [0.25, 0.3) is 0 Å². The number of rotatable bonds is 59. The molecule has 0 aliphatic carbocycles. The average Bonchev–Trinajstić information content (AvgIpc) is 3.47. The second-order valence-electron chi connectivity index (χ2n) is 23.3. The number of carbonyl (C=O) groups excluding carboxylic acids is 8. The first-order valence-corrected chi connectivity index (χ1v) is 33.8. The molecule has 0 N–H and O–H groups in total. The fraction of sp³-hybridized carbons (Fsp3) is 0.881. The Kier molecular flexibility index (Phi) is 53.6. The smallest absolute Gasteiger partial charge is 0.321 e. The molecule has 0 aromatic rings. The normalized spacial score (nSPS) is 12.7. The lowest BCUT2D eigenvalue weighted by Gasteiger charge is -2.32. The van der Waals surface area contributed by atoms with Crippen molar-refractivity contribution in [2.75, 3.05) is 66.8 Å². The largest absolute Gasteiger partial charge is 0.466 e. The molecule has 0 aliphatic heterocycles. The fourth-order valence-electron chi connectivity index (χ4n) is 9.77. The summed E-state index contributed by atoms with van der Waals surface area (Å²) in [6, 6.07) is -1.21. The zero-order chi connectivity index (χ0) is 62.3. The molecule has 0 fully saturated rings. The van der Waals surface area contributed by atoms with Gasteiger partial charge in [-0.05, 0) is 78.4 Å². The zero-order valence-electron chi connectivity index (χ0n) is 54.6. The predicted molar refractivity (Wildman–Crippen MR) is 331 cm³/mol. The van der Waals surface area contributed by atoms with Gasteiger partial charge in [0.1, 0.15) is 19.3 Å². The first-order chi connectivity index (χ1) is 40.7. The molecule has 0 bridgehead atoms. The minimum atomic E-state index is -1.70. The Balaban J connectivity index is 7.02. The van der Waals surface area contributed by atoms with Crippen molar-refractivity contribution in [1.82, 2.24) is 9.80 Å². The number of amides is 1. The number of carbonyl (C=O) groups is 8. The number of unbranched alkanes of at least 4 members (excludes halogenated alkanes) is 26. The summed E-state index contributed by atoms with van der Waals surface area (Å²) in [7, 11) is 3.99. The van der Waals surface area contributed by atoms with Crippen LogP contribution in [0.15, 0.2) is 0 Å². The maximum atomic E-state index is 14.6. The first-order valence-electron chi connectivity index (χ1n) is 33.8. The number of hydrogen-bond acceptors (Lipinski definition) is 16. The Morgan fingerprint density at radius 2 is 0.679 bits per heavy atom. The standard InChI is InChI=1S/C67H122N2O15/c1-9-15-20-25-27-29-33-40-48-78-62(72)52-58(64(74)80-50-38-23-18-12-4)66(76)82-54-56(69(47-37-32-31-36-46-68(7)8)60(70)44-45-61(71)84-57(42-14-6)43-35-22-17-11-3)55-83-67(77)59(65(75)81-51-39-24-19-13-5)53-63(73)79-49-41-34-30-28-26-21-16-10-2/h56-59H,9-55H2,1-8H3. The first kappa shape index (κ1) is 79.7. The Morgan fingerprint density at radius 3 is 1.08 bits per heavy atom. The summed E-state index contributed by atoms with van der Waals surface area (Å²) in [5, 5.41) is 0. The van der Waals surface area contributed by atoms with Crippen LogP contribution in [0, 0.1) is 11.8 Å². The van der Waals surface area contributed by atoms with Crippen LogP contribution in [0.3, 0.4) is 0 Å². The van der Waals surface area contributed by atoms with E-state index >= 15 is 0 Å². The lowest BCUT2D eigenvalue weighted by molar-refractivity contribution is -0.171. The van der Waals surface area contributed by atoms with Crippen molar-refractivity contribution in [2.24, 2.45) is 11.8 Å². The highest BCUT2D eigenvalue weighted by Crippen LogP contribution is 2.20. The molecule has 0 spiro atoms. The van der Waals surface area contributed by atoms with Crippen LogP contribution in [0.5, 0.6) is 0 Å². The highest BCUT2D eigenvalue weighted by atomic mass is 16.6. The van der Waals surface area contributed by atoms with E-state index in [-0.39, 0.29) is 51.9 Å². The highest BCUT2D eigenvalue weighted by molar-refractivity contribution is 5.99. The van der Waals surface area contributed by atoms with Gasteiger partial charge in [0.25, 0.3) is 0 Å². The summed E-state index contributed by atoms with van der Waals surface area (Å²) in [6.07, 6.45) is 30.3. The van der Waals surface area contributed by atoms with Crippen LogP contribution < -0.4 is 0 Å². The Bertz CT molecular complexity index is 1610. The molecule has 0 saturated carbocycles. The third-order valence-corrected chi connectivity index (χ3v) is 15.1. The summed E-state index contributed by atoms with van der Waals surface area (Å²) in [5.41, 5.74) is 0. The van der Waals surface area contributed by atoms with Gasteiger partial charge < -0.3 is 43.0 Å². The van der Waals surface area contributed by atoms with Gasteiger partial charge in [0, 0.05) is 13.0 Å². The van der Waals surface area contributed by atoms with E-state index in [1.807, 2.05) is 21.0 Å². The van der Waals surface area contributed by atoms with E-state index in [2.05, 4.69) is 39.5 Å². The summed E-state index contributed by atoms with van der Waals surface area (Å²) >= 11 is 0. The molecule has 490 valence electrons. The Morgan fingerprint density at radius 1 is 0.333 bits per heavy atom. The third kappa shape index (κ3) is 45.1. The molecule has 3 atom stereocenters. The lowest BCUT2D eigenvalue weighted by atomic mass is 10.1. The Labute approximate surface area is 509 Å². The summed E-state index contributed by atoms with van der Waals surface area (Å²) in [5.74, 6) is -10.1. The van der Waals surface area contributed by atoms with Crippen LogP contribution in [0.2, 0.25) is 0 Å². The van der Waals surface area contributed by atoms with Gasteiger partial charge in [-0.1, -0.05) is 208 Å². The molecular weight excluding hydrogens is 1070 g/mol. The topological polar surface area (TPSA) is 208 Å². The SMILES string of the molecule is CCCCCCCCCCOC(=O)CC(C(=O)OCCCCCC)C(=O)OCC(COC(=O)C(CC(=O)OCCCCCCCCCC)C(=O)OCCCCCC)N(CCCCCCN(C)C)C(=O)CCC(=O)OC(CCC)CCCCCC. The Hall–Kier alpha value is -4.28. The number of ether oxygens (including phenoxy) is 7. The number of hydrogen-bond donors (Lipinski definition) is 0. The van der Waals surface area contributed by atoms with Crippen molar-refractivity contribution >= 4 is 47.7 Å². The molecule has 0 rings (SSSR count). The molecule has 84 heavy (non-hydrogen) atoms. The van der Waals surface area contributed by atoms with Crippen molar-refractivity contribution in [2.45, 2.75) is 304 Å². The van der Waals surface area contributed by atoms with Gasteiger partial charge in [0.05, 0.1) is 51.7 Å². The van der Waals surface area contributed by atoms with Gasteiger partial charge in [-0.25, -0.2) is 0 Å². The molecule has 17 nitrogen and oxygen atoms in total. The van der Waals surface area contributed by atoms with Gasteiger partial charge >= 0.3 is 41.8 Å². The summed E-state index contributed by atoms with van der Waals surface area (Å²) in [6.45, 7) is 12.7. The molecular formula is C67H122N2O15. The molecule has 1 amide bonds. The zero-order valence-corrected chi connectivity index (χ0v) is 54.6. The highest BCUT2D eigenvalue weighted by Gasteiger charge is 2.37. The van der Waals surface area contributed by atoms with E-state index in [1.54, 1.807) is 0 Å². The van der Waals surface area contributed by atoms with Gasteiger partial charge in [-0.2, -0.15) is 0 Å². The molecule has 0 saturated heterocycles. The molecule has 0 aromatic carbocycles. The number of nitrogens with zero attached hydrogens (tertiary/aromatic N) is 2. The maximum absolute atomic E-state index is 14.6. The van der Waals surface area contributed by atoms with Crippen molar-refractivity contribution in [3.8, 4) is 0 Å². The van der Waals surface area contributed by atoms with Crippen LogP contribution in [0.1, 0.15) is 292 Å². The van der Waals surface area contributed by atoms with Crippen LogP contribution in [0.4, 0.5) is 0 Å². The van der Waals surface area contributed by atoms with Gasteiger partial charge in [-0.15, -0.1) is 0 Å². The van der Waals surface area contributed by atoms with E-state index in [0.29, 0.717) is 44.9 Å². The molecule has 3 unspecified atom stereocenters. The fourth-order valence-corrected chi connectivity index (χ4v) is 9.77. The van der Waals surface area contributed by atoms with Crippen LogP contribution >= 0.6 is 0 Å². The maximum Gasteiger partial charge on any atom is 0.321 e. The molecule has 0 aliphatic rings. The summed E-state index contributed by atoms with van der Waals surface area (Å²) < 4.78 is 39.8. The molecule has 0 heterocycles.